The first-order valence-corrected chi connectivity index (χ1v) is 5.97. The van der Waals surface area contributed by atoms with Crippen molar-refractivity contribution in [3.63, 3.8) is 0 Å². The maximum Gasteiger partial charge on any atom is 0.338 e. The lowest BCUT2D eigenvalue weighted by atomic mass is 10.2. The minimum Gasteiger partial charge on any atom is -0.465 e. The molecule has 0 aliphatic rings. The van der Waals surface area contributed by atoms with E-state index in [4.69, 9.17) is 0 Å². The van der Waals surface area contributed by atoms with Crippen molar-refractivity contribution in [3.05, 3.63) is 54.0 Å². The van der Waals surface area contributed by atoms with Gasteiger partial charge in [0, 0.05) is 25.1 Å². The number of pyridine rings is 2. The first-order valence-electron chi connectivity index (χ1n) is 5.97. The second-order valence-corrected chi connectivity index (χ2v) is 3.95. The third-order valence-electron chi connectivity index (χ3n) is 2.65. The first kappa shape index (κ1) is 13.0. The summed E-state index contributed by atoms with van der Waals surface area (Å²) in [6.07, 6.45) is 5.99. The van der Waals surface area contributed by atoms with Crippen LogP contribution in [0, 0.1) is 0 Å². The van der Waals surface area contributed by atoms with Crippen molar-refractivity contribution in [1.82, 2.24) is 9.97 Å². The lowest BCUT2D eigenvalue weighted by molar-refractivity contribution is 0.0600. The molecule has 1 N–H and O–H groups in total. The van der Waals surface area contributed by atoms with Crippen molar-refractivity contribution in [2.24, 2.45) is 0 Å². The molecule has 0 aliphatic heterocycles. The minimum absolute atomic E-state index is 0.361. The van der Waals surface area contributed by atoms with E-state index in [9.17, 15) is 4.79 Å². The van der Waals surface area contributed by atoms with Crippen LogP contribution in [0.2, 0.25) is 0 Å². The fraction of sp³-hybridized carbons (Fsp3) is 0.214. The zero-order chi connectivity index (χ0) is 13.5. The summed E-state index contributed by atoms with van der Waals surface area (Å²) < 4.78 is 4.66. The second kappa shape index (κ2) is 6.49. The van der Waals surface area contributed by atoms with E-state index in [0.717, 1.165) is 13.0 Å². The van der Waals surface area contributed by atoms with Gasteiger partial charge in [-0.1, -0.05) is 0 Å². The highest BCUT2D eigenvalue weighted by molar-refractivity contribution is 5.89. The van der Waals surface area contributed by atoms with Crippen LogP contribution in [-0.2, 0) is 11.2 Å². The van der Waals surface area contributed by atoms with Crippen LogP contribution >= 0.6 is 0 Å². The lowest BCUT2D eigenvalue weighted by Gasteiger charge is -2.06. The molecule has 0 fully saturated rings. The van der Waals surface area contributed by atoms with Gasteiger partial charge >= 0.3 is 5.97 Å². The van der Waals surface area contributed by atoms with Gasteiger partial charge in [0.15, 0.2) is 0 Å². The molecule has 2 aromatic heterocycles. The van der Waals surface area contributed by atoms with Gasteiger partial charge in [-0.2, -0.15) is 0 Å². The van der Waals surface area contributed by atoms with Crippen molar-refractivity contribution < 1.29 is 9.53 Å². The predicted molar refractivity (Wildman–Crippen MR) is 72.0 cm³/mol. The quantitative estimate of drug-likeness (QED) is 0.829. The molecule has 0 saturated heterocycles. The average molecular weight is 257 g/mol. The molecular weight excluding hydrogens is 242 g/mol. The van der Waals surface area contributed by atoms with Gasteiger partial charge in [0.05, 0.1) is 12.7 Å². The average Bonchev–Trinajstić information content (AvgIpc) is 2.48. The number of rotatable bonds is 5. The van der Waals surface area contributed by atoms with E-state index >= 15 is 0 Å². The summed E-state index contributed by atoms with van der Waals surface area (Å²) in [5.41, 5.74) is 1.69. The Hall–Kier alpha value is -2.43. The van der Waals surface area contributed by atoms with Crippen LogP contribution in [0.3, 0.4) is 0 Å². The maximum atomic E-state index is 11.4. The van der Waals surface area contributed by atoms with Gasteiger partial charge in [0.1, 0.15) is 5.82 Å². The molecule has 0 saturated carbocycles. The molecule has 19 heavy (non-hydrogen) atoms. The molecule has 0 unspecified atom stereocenters. The van der Waals surface area contributed by atoms with Gasteiger partial charge in [0.25, 0.3) is 0 Å². The molecule has 2 rings (SSSR count). The highest BCUT2D eigenvalue weighted by atomic mass is 16.5. The van der Waals surface area contributed by atoms with E-state index in [1.807, 2.05) is 12.1 Å². The van der Waals surface area contributed by atoms with Crippen molar-refractivity contribution in [1.29, 1.82) is 0 Å². The van der Waals surface area contributed by atoms with E-state index < -0.39 is 0 Å². The number of anilines is 1. The highest BCUT2D eigenvalue weighted by Crippen LogP contribution is 2.08. The van der Waals surface area contributed by atoms with Gasteiger partial charge in [-0.25, -0.2) is 9.78 Å². The van der Waals surface area contributed by atoms with Gasteiger partial charge < -0.3 is 10.1 Å². The highest BCUT2D eigenvalue weighted by Gasteiger charge is 2.05. The number of ether oxygens (including phenoxy) is 1. The van der Waals surface area contributed by atoms with Crippen LogP contribution in [0.5, 0.6) is 0 Å². The van der Waals surface area contributed by atoms with E-state index in [1.54, 1.807) is 30.7 Å². The summed E-state index contributed by atoms with van der Waals surface area (Å²) in [5.74, 6) is 0.302. The molecule has 0 spiro atoms. The van der Waals surface area contributed by atoms with E-state index in [0.29, 0.717) is 11.4 Å². The molecule has 0 aromatic carbocycles. The van der Waals surface area contributed by atoms with Crippen LogP contribution < -0.4 is 5.32 Å². The third-order valence-corrected chi connectivity index (χ3v) is 2.65. The number of nitrogens with zero attached hydrogens (tertiary/aromatic N) is 2. The van der Waals surface area contributed by atoms with Crippen molar-refractivity contribution >= 4 is 11.8 Å². The summed E-state index contributed by atoms with van der Waals surface area (Å²) >= 11 is 0. The number of nitrogens with one attached hydrogen (secondary N) is 1. The second-order valence-electron chi connectivity index (χ2n) is 3.95. The van der Waals surface area contributed by atoms with E-state index in [2.05, 4.69) is 20.0 Å². The Kier molecular flexibility index (Phi) is 4.44. The summed E-state index contributed by atoms with van der Waals surface area (Å²) in [5, 5.41) is 3.17. The summed E-state index contributed by atoms with van der Waals surface area (Å²) in [4.78, 5) is 19.5. The Morgan fingerprint density at radius 3 is 2.79 bits per heavy atom. The number of carbonyl (C=O) groups excluding carboxylic acids is 1. The normalized spacial score (nSPS) is 9.95. The standard InChI is InChI=1S/C14H15N3O2/c1-19-14(18)12-5-9-17-13(10-12)16-8-4-11-2-6-15-7-3-11/h2-3,5-7,9-10H,4,8H2,1H3,(H,16,17). The predicted octanol–water partition coefficient (Wildman–Crippen LogP) is 1.92. The third kappa shape index (κ3) is 3.77. The maximum absolute atomic E-state index is 11.4. The summed E-state index contributed by atoms with van der Waals surface area (Å²) in [6, 6.07) is 7.25. The fourth-order valence-electron chi connectivity index (χ4n) is 1.66. The number of esters is 1. The van der Waals surface area contributed by atoms with Gasteiger partial charge in [-0.3, -0.25) is 4.98 Å². The number of hydrogen-bond acceptors (Lipinski definition) is 5. The molecule has 5 nitrogen and oxygen atoms in total. The van der Waals surface area contributed by atoms with Crippen molar-refractivity contribution in [3.8, 4) is 0 Å². The lowest BCUT2D eigenvalue weighted by Crippen LogP contribution is -2.08. The van der Waals surface area contributed by atoms with Gasteiger partial charge in [0.2, 0.25) is 0 Å². The van der Waals surface area contributed by atoms with Gasteiger partial charge in [-0.15, -0.1) is 0 Å². The summed E-state index contributed by atoms with van der Waals surface area (Å²) in [6.45, 7) is 0.738. The zero-order valence-corrected chi connectivity index (χ0v) is 10.7. The zero-order valence-electron chi connectivity index (χ0n) is 10.7. The molecule has 5 heteroatoms. The number of methoxy groups -OCH3 is 1. The first-order chi connectivity index (χ1) is 9.29. The number of hydrogen-bond donors (Lipinski definition) is 1. The van der Waals surface area contributed by atoms with Gasteiger partial charge in [-0.05, 0) is 36.2 Å². The Balaban J connectivity index is 1.91. The molecule has 0 atom stereocenters. The van der Waals surface area contributed by atoms with Crippen LogP contribution in [-0.4, -0.2) is 29.6 Å². The number of aromatic nitrogens is 2. The molecular formula is C14H15N3O2. The Morgan fingerprint density at radius 2 is 2.05 bits per heavy atom. The van der Waals surface area contributed by atoms with Crippen LogP contribution in [0.15, 0.2) is 42.9 Å². The van der Waals surface area contributed by atoms with E-state index in [1.165, 1.54) is 12.7 Å². The van der Waals surface area contributed by atoms with Crippen LogP contribution in [0.4, 0.5) is 5.82 Å². The van der Waals surface area contributed by atoms with Crippen molar-refractivity contribution in [2.75, 3.05) is 19.0 Å². The topological polar surface area (TPSA) is 64.1 Å². The smallest absolute Gasteiger partial charge is 0.338 e. The molecule has 0 amide bonds. The van der Waals surface area contributed by atoms with Crippen LogP contribution in [0.25, 0.3) is 0 Å². The van der Waals surface area contributed by atoms with Crippen molar-refractivity contribution in [2.45, 2.75) is 6.42 Å². The summed E-state index contributed by atoms with van der Waals surface area (Å²) in [7, 11) is 1.36. The Morgan fingerprint density at radius 1 is 1.26 bits per heavy atom. The monoisotopic (exact) mass is 257 g/mol. The Bertz CT molecular complexity index is 543. The minimum atomic E-state index is -0.361. The molecule has 98 valence electrons. The van der Waals surface area contributed by atoms with E-state index in [-0.39, 0.29) is 5.97 Å². The SMILES string of the molecule is COC(=O)c1ccnc(NCCc2ccncc2)c1. The molecule has 0 aliphatic carbocycles. The fourth-order valence-corrected chi connectivity index (χ4v) is 1.66. The molecule has 0 radical (unpaired) electrons. The Labute approximate surface area is 111 Å². The molecule has 2 heterocycles. The largest absolute Gasteiger partial charge is 0.465 e. The molecule has 0 bridgehead atoms. The van der Waals surface area contributed by atoms with Crippen LogP contribution in [0.1, 0.15) is 15.9 Å². The number of carbonyl (C=O) groups is 1. The molecule has 2 aromatic rings.